The highest BCUT2D eigenvalue weighted by molar-refractivity contribution is 7.99. The number of hydrogen-bond acceptors (Lipinski definition) is 2. The second-order valence-electron chi connectivity index (χ2n) is 5.17. The second-order valence-corrected chi connectivity index (χ2v) is 6.24. The number of thioether (sulfide) groups is 1. The molecule has 2 aliphatic rings. The molecule has 15 heavy (non-hydrogen) atoms. The molecule has 0 saturated heterocycles. The van der Waals surface area contributed by atoms with Crippen molar-refractivity contribution in [3.05, 3.63) is 0 Å². The number of hydrogen-bond donors (Lipinski definition) is 1. The SMILES string of the molecule is CSC1CCCCC1NC1CCCCC1. The molecule has 0 aromatic carbocycles. The predicted molar refractivity (Wildman–Crippen MR) is 69.6 cm³/mol. The van der Waals surface area contributed by atoms with Crippen molar-refractivity contribution >= 4 is 11.8 Å². The third-order valence-electron chi connectivity index (χ3n) is 4.06. The Morgan fingerprint density at radius 3 is 2.27 bits per heavy atom. The molecule has 88 valence electrons. The van der Waals surface area contributed by atoms with E-state index in [2.05, 4.69) is 23.3 Å². The lowest BCUT2D eigenvalue weighted by Crippen LogP contribution is -2.46. The molecule has 0 heterocycles. The zero-order valence-corrected chi connectivity index (χ0v) is 10.8. The lowest BCUT2D eigenvalue weighted by atomic mass is 9.90. The van der Waals surface area contributed by atoms with Crippen LogP contribution in [0.2, 0.25) is 0 Å². The van der Waals surface area contributed by atoms with Crippen LogP contribution in [0, 0.1) is 0 Å². The Balaban J connectivity index is 1.79. The molecule has 0 bridgehead atoms. The molecular formula is C13H25NS. The highest BCUT2D eigenvalue weighted by Crippen LogP contribution is 2.29. The summed E-state index contributed by atoms with van der Waals surface area (Å²) >= 11 is 2.08. The zero-order chi connectivity index (χ0) is 10.5. The van der Waals surface area contributed by atoms with Gasteiger partial charge >= 0.3 is 0 Å². The minimum Gasteiger partial charge on any atom is -0.310 e. The summed E-state index contributed by atoms with van der Waals surface area (Å²) in [5, 5.41) is 4.83. The van der Waals surface area contributed by atoms with E-state index >= 15 is 0 Å². The summed E-state index contributed by atoms with van der Waals surface area (Å²) in [5.74, 6) is 0. The van der Waals surface area contributed by atoms with Crippen molar-refractivity contribution in [2.75, 3.05) is 6.26 Å². The van der Waals surface area contributed by atoms with Gasteiger partial charge in [0, 0.05) is 17.3 Å². The molecule has 2 unspecified atom stereocenters. The van der Waals surface area contributed by atoms with Gasteiger partial charge in [0.05, 0.1) is 0 Å². The number of rotatable bonds is 3. The van der Waals surface area contributed by atoms with Crippen LogP contribution in [0.5, 0.6) is 0 Å². The van der Waals surface area contributed by atoms with Crippen molar-refractivity contribution in [1.82, 2.24) is 5.32 Å². The smallest absolute Gasteiger partial charge is 0.0198 e. The fraction of sp³-hybridized carbons (Fsp3) is 1.00. The van der Waals surface area contributed by atoms with Gasteiger partial charge < -0.3 is 5.32 Å². The van der Waals surface area contributed by atoms with E-state index in [0.717, 1.165) is 17.3 Å². The van der Waals surface area contributed by atoms with E-state index in [9.17, 15) is 0 Å². The fourth-order valence-corrected chi connectivity index (χ4v) is 4.09. The standard InChI is InChI=1S/C13H25NS/c1-15-13-10-6-5-9-12(13)14-11-7-3-2-4-8-11/h11-14H,2-10H2,1H3. The Morgan fingerprint density at radius 1 is 0.867 bits per heavy atom. The van der Waals surface area contributed by atoms with E-state index < -0.39 is 0 Å². The molecule has 0 amide bonds. The summed E-state index contributed by atoms with van der Waals surface area (Å²) in [4.78, 5) is 0. The maximum Gasteiger partial charge on any atom is 0.0198 e. The van der Waals surface area contributed by atoms with Gasteiger partial charge in [-0.25, -0.2) is 0 Å². The van der Waals surface area contributed by atoms with Gasteiger partial charge in [-0.1, -0.05) is 32.1 Å². The topological polar surface area (TPSA) is 12.0 Å². The minimum absolute atomic E-state index is 0.817. The summed E-state index contributed by atoms with van der Waals surface area (Å²) in [6.45, 7) is 0. The van der Waals surface area contributed by atoms with Crippen molar-refractivity contribution in [2.45, 2.75) is 75.1 Å². The van der Waals surface area contributed by atoms with Gasteiger partial charge in [0.15, 0.2) is 0 Å². The van der Waals surface area contributed by atoms with Crippen molar-refractivity contribution in [3.63, 3.8) is 0 Å². The lowest BCUT2D eigenvalue weighted by Gasteiger charge is -2.35. The summed E-state index contributed by atoms with van der Waals surface area (Å²) in [6.07, 6.45) is 15.3. The molecular weight excluding hydrogens is 202 g/mol. The Hall–Kier alpha value is 0.310. The summed E-state index contributed by atoms with van der Waals surface area (Å²) < 4.78 is 0. The molecule has 0 aromatic rings. The van der Waals surface area contributed by atoms with Gasteiger partial charge in [-0.2, -0.15) is 11.8 Å². The summed E-state index contributed by atoms with van der Waals surface area (Å²) in [7, 11) is 0. The van der Waals surface area contributed by atoms with E-state index in [4.69, 9.17) is 0 Å². The van der Waals surface area contributed by atoms with Gasteiger partial charge in [-0.05, 0) is 31.9 Å². The zero-order valence-electron chi connectivity index (χ0n) is 10.0. The van der Waals surface area contributed by atoms with Crippen molar-refractivity contribution in [3.8, 4) is 0 Å². The molecule has 0 aliphatic heterocycles. The molecule has 2 saturated carbocycles. The Kier molecular flexibility index (Phi) is 4.83. The van der Waals surface area contributed by atoms with Crippen LogP contribution in [-0.4, -0.2) is 23.6 Å². The predicted octanol–water partition coefficient (Wildman–Crippen LogP) is 3.58. The molecule has 2 atom stereocenters. The van der Waals surface area contributed by atoms with E-state index in [1.165, 1.54) is 57.8 Å². The van der Waals surface area contributed by atoms with Gasteiger partial charge in [0.25, 0.3) is 0 Å². The molecule has 0 radical (unpaired) electrons. The van der Waals surface area contributed by atoms with Crippen LogP contribution in [0.1, 0.15) is 57.8 Å². The minimum atomic E-state index is 0.817. The van der Waals surface area contributed by atoms with Crippen LogP contribution in [-0.2, 0) is 0 Å². The van der Waals surface area contributed by atoms with Gasteiger partial charge in [0.2, 0.25) is 0 Å². The monoisotopic (exact) mass is 227 g/mol. The first-order valence-electron chi connectivity index (χ1n) is 6.69. The summed E-state index contributed by atoms with van der Waals surface area (Å²) in [5.41, 5.74) is 0. The molecule has 0 spiro atoms. The Labute approximate surface area is 98.8 Å². The van der Waals surface area contributed by atoms with Crippen LogP contribution in [0.4, 0.5) is 0 Å². The van der Waals surface area contributed by atoms with Crippen LogP contribution in [0.25, 0.3) is 0 Å². The van der Waals surface area contributed by atoms with E-state index in [1.54, 1.807) is 0 Å². The third kappa shape index (κ3) is 3.39. The maximum absolute atomic E-state index is 3.94. The van der Waals surface area contributed by atoms with Gasteiger partial charge in [-0.3, -0.25) is 0 Å². The molecule has 0 aromatic heterocycles. The molecule has 1 N–H and O–H groups in total. The first-order valence-corrected chi connectivity index (χ1v) is 7.98. The second kappa shape index (κ2) is 6.15. The molecule has 2 aliphatic carbocycles. The quantitative estimate of drug-likeness (QED) is 0.791. The van der Waals surface area contributed by atoms with Crippen LogP contribution in [0.3, 0.4) is 0 Å². The molecule has 1 nitrogen and oxygen atoms in total. The van der Waals surface area contributed by atoms with Crippen molar-refractivity contribution in [2.24, 2.45) is 0 Å². The maximum atomic E-state index is 3.94. The van der Waals surface area contributed by atoms with Crippen LogP contribution in [0.15, 0.2) is 0 Å². The third-order valence-corrected chi connectivity index (χ3v) is 5.23. The van der Waals surface area contributed by atoms with E-state index in [0.29, 0.717) is 0 Å². The Bertz CT molecular complexity index is 177. The molecule has 2 rings (SSSR count). The van der Waals surface area contributed by atoms with Gasteiger partial charge in [-0.15, -0.1) is 0 Å². The fourth-order valence-electron chi connectivity index (χ4n) is 3.14. The van der Waals surface area contributed by atoms with Crippen LogP contribution < -0.4 is 5.32 Å². The normalized spacial score (nSPS) is 34.2. The average Bonchev–Trinajstić information content (AvgIpc) is 2.31. The largest absolute Gasteiger partial charge is 0.310 e. The highest BCUT2D eigenvalue weighted by atomic mass is 32.2. The molecule has 2 heteroatoms. The van der Waals surface area contributed by atoms with E-state index in [-0.39, 0.29) is 0 Å². The first kappa shape index (κ1) is 11.8. The number of nitrogens with one attached hydrogen (secondary N) is 1. The van der Waals surface area contributed by atoms with Crippen molar-refractivity contribution < 1.29 is 0 Å². The highest BCUT2D eigenvalue weighted by Gasteiger charge is 2.26. The average molecular weight is 227 g/mol. The Morgan fingerprint density at radius 2 is 1.53 bits per heavy atom. The molecule has 2 fully saturated rings. The van der Waals surface area contributed by atoms with Gasteiger partial charge in [0.1, 0.15) is 0 Å². The van der Waals surface area contributed by atoms with Crippen molar-refractivity contribution in [1.29, 1.82) is 0 Å². The summed E-state index contributed by atoms with van der Waals surface area (Å²) in [6, 6.07) is 1.66. The van der Waals surface area contributed by atoms with Crippen LogP contribution >= 0.6 is 11.8 Å². The van der Waals surface area contributed by atoms with E-state index in [1.807, 2.05) is 0 Å². The first-order chi connectivity index (χ1) is 7.40. The lowest BCUT2D eigenvalue weighted by molar-refractivity contribution is 0.297.